The van der Waals surface area contributed by atoms with E-state index in [9.17, 15) is 14.4 Å². The van der Waals surface area contributed by atoms with Crippen molar-refractivity contribution in [3.05, 3.63) is 130 Å². The summed E-state index contributed by atoms with van der Waals surface area (Å²) in [5.74, 6) is 0.530. The summed E-state index contributed by atoms with van der Waals surface area (Å²) in [7, 11) is 0. The molecule has 43 heavy (non-hydrogen) atoms. The molecule has 2 amide bonds. The van der Waals surface area contributed by atoms with E-state index in [1.165, 1.54) is 16.1 Å². The van der Waals surface area contributed by atoms with Gasteiger partial charge < -0.3 is 23.7 Å². The molecule has 0 unspecified atom stereocenters. The van der Waals surface area contributed by atoms with Crippen LogP contribution in [0.15, 0.2) is 107 Å². The molecule has 0 spiro atoms. The Morgan fingerprint density at radius 2 is 1.70 bits per heavy atom. The maximum absolute atomic E-state index is 14.0. The van der Waals surface area contributed by atoms with Gasteiger partial charge in [-0.25, -0.2) is 0 Å². The normalized spacial score (nSPS) is 11.9. The molecule has 0 bridgehead atoms. The number of nitrogens with zero attached hydrogens (tertiary/aromatic N) is 2. The van der Waals surface area contributed by atoms with E-state index in [0.717, 1.165) is 16.3 Å². The fraction of sp³-hybridized carbons (Fsp3) is 0.147. The van der Waals surface area contributed by atoms with Crippen molar-refractivity contribution >= 4 is 45.2 Å². The van der Waals surface area contributed by atoms with Crippen molar-refractivity contribution in [1.29, 1.82) is 0 Å². The van der Waals surface area contributed by atoms with Crippen LogP contribution in [0.3, 0.4) is 0 Å². The Bertz CT molecular complexity index is 1930. The van der Waals surface area contributed by atoms with E-state index in [-0.39, 0.29) is 55.8 Å². The van der Waals surface area contributed by atoms with E-state index in [0.29, 0.717) is 33.1 Å². The van der Waals surface area contributed by atoms with Crippen LogP contribution >= 0.6 is 11.6 Å². The standard InChI is InChI=1S/C34H27ClN2O6/c1-2-14-36(34(40)27-9-5-7-23-6-3-4-8-26(23)27)19-32(38)37(17-22-10-12-30-31(15-22)43-21-42-30)18-24-20-41-29-13-11-25(35)16-28(29)33(24)39/h2-13,15-16,20H,1,14,17-19,21H2. The number of hydrogen-bond acceptors (Lipinski definition) is 6. The highest BCUT2D eigenvalue weighted by molar-refractivity contribution is 6.31. The molecule has 2 heterocycles. The van der Waals surface area contributed by atoms with Gasteiger partial charge in [-0.05, 0) is 52.7 Å². The Balaban J connectivity index is 1.32. The van der Waals surface area contributed by atoms with E-state index in [1.54, 1.807) is 42.5 Å². The summed E-state index contributed by atoms with van der Waals surface area (Å²) >= 11 is 6.14. The van der Waals surface area contributed by atoms with E-state index >= 15 is 0 Å². The van der Waals surface area contributed by atoms with Gasteiger partial charge in [0.15, 0.2) is 16.9 Å². The monoisotopic (exact) mass is 594 g/mol. The summed E-state index contributed by atoms with van der Waals surface area (Å²) in [4.78, 5) is 44.2. The third-order valence-electron chi connectivity index (χ3n) is 7.31. The highest BCUT2D eigenvalue weighted by Crippen LogP contribution is 2.33. The summed E-state index contributed by atoms with van der Waals surface area (Å²) in [6, 6.07) is 23.3. The number of ether oxygens (including phenoxy) is 2. The van der Waals surface area contributed by atoms with Gasteiger partial charge in [0.1, 0.15) is 12.1 Å². The summed E-state index contributed by atoms with van der Waals surface area (Å²) in [6.45, 7) is 3.93. The predicted molar refractivity (Wildman–Crippen MR) is 164 cm³/mol. The first-order valence-electron chi connectivity index (χ1n) is 13.7. The second-order valence-corrected chi connectivity index (χ2v) is 10.6. The van der Waals surface area contributed by atoms with Crippen LogP contribution < -0.4 is 14.9 Å². The zero-order valence-corrected chi connectivity index (χ0v) is 23.9. The van der Waals surface area contributed by atoms with Gasteiger partial charge in [0.25, 0.3) is 5.91 Å². The van der Waals surface area contributed by atoms with Crippen LogP contribution in [0, 0.1) is 0 Å². The second-order valence-electron chi connectivity index (χ2n) is 10.2. The minimum atomic E-state index is -0.362. The molecule has 4 aromatic carbocycles. The predicted octanol–water partition coefficient (Wildman–Crippen LogP) is 6.19. The zero-order chi connectivity index (χ0) is 29.9. The summed E-state index contributed by atoms with van der Waals surface area (Å²) in [5.41, 5.74) is 1.63. The summed E-state index contributed by atoms with van der Waals surface area (Å²) < 4.78 is 16.7. The van der Waals surface area contributed by atoms with Gasteiger partial charge in [-0.1, -0.05) is 60.1 Å². The molecular weight excluding hydrogens is 568 g/mol. The molecule has 8 nitrogen and oxygen atoms in total. The number of halogens is 1. The molecule has 1 aliphatic heterocycles. The van der Waals surface area contributed by atoms with Crippen molar-refractivity contribution in [1.82, 2.24) is 9.80 Å². The smallest absolute Gasteiger partial charge is 0.255 e. The molecule has 1 aliphatic rings. The molecule has 0 saturated carbocycles. The van der Waals surface area contributed by atoms with E-state index in [1.807, 2.05) is 42.5 Å². The van der Waals surface area contributed by atoms with Gasteiger partial charge in [-0.15, -0.1) is 6.58 Å². The number of carbonyl (C=O) groups is 2. The van der Waals surface area contributed by atoms with Crippen molar-refractivity contribution < 1.29 is 23.5 Å². The number of hydrogen-bond donors (Lipinski definition) is 0. The summed E-state index contributed by atoms with van der Waals surface area (Å²) in [5, 5.41) is 2.43. The van der Waals surface area contributed by atoms with E-state index < -0.39 is 0 Å². The van der Waals surface area contributed by atoms with Crippen LogP contribution in [0.25, 0.3) is 21.7 Å². The van der Waals surface area contributed by atoms with Gasteiger partial charge >= 0.3 is 0 Å². The Morgan fingerprint density at radius 1 is 0.884 bits per heavy atom. The molecule has 0 saturated heterocycles. The lowest BCUT2D eigenvalue weighted by Gasteiger charge is -2.27. The fourth-order valence-electron chi connectivity index (χ4n) is 5.17. The van der Waals surface area contributed by atoms with Crippen molar-refractivity contribution in [3.63, 3.8) is 0 Å². The van der Waals surface area contributed by atoms with E-state index in [4.69, 9.17) is 25.5 Å². The Hall–Kier alpha value is -5.08. The first-order chi connectivity index (χ1) is 20.9. The molecule has 216 valence electrons. The highest BCUT2D eigenvalue weighted by Gasteiger charge is 2.25. The quantitative estimate of drug-likeness (QED) is 0.189. The Kier molecular flexibility index (Phi) is 7.85. The van der Waals surface area contributed by atoms with Gasteiger partial charge in [0.05, 0.1) is 23.8 Å². The molecule has 0 N–H and O–H groups in total. The Morgan fingerprint density at radius 3 is 2.56 bits per heavy atom. The molecule has 6 rings (SSSR count). The van der Waals surface area contributed by atoms with E-state index in [2.05, 4.69) is 6.58 Å². The largest absolute Gasteiger partial charge is 0.464 e. The fourth-order valence-corrected chi connectivity index (χ4v) is 5.34. The van der Waals surface area contributed by atoms with Crippen molar-refractivity contribution in [2.45, 2.75) is 13.1 Å². The minimum absolute atomic E-state index is 0.0531. The van der Waals surface area contributed by atoms with Crippen LogP contribution in [-0.4, -0.2) is 41.5 Å². The summed E-state index contributed by atoms with van der Waals surface area (Å²) in [6.07, 6.45) is 2.95. The Labute approximate surface area is 252 Å². The third-order valence-corrected chi connectivity index (χ3v) is 7.55. The third kappa shape index (κ3) is 5.82. The second kappa shape index (κ2) is 12.0. The molecule has 0 atom stereocenters. The lowest BCUT2D eigenvalue weighted by atomic mass is 10.0. The van der Waals surface area contributed by atoms with Crippen molar-refractivity contribution in [2.24, 2.45) is 0 Å². The lowest BCUT2D eigenvalue weighted by Crippen LogP contribution is -2.43. The molecule has 5 aromatic rings. The first-order valence-corrected chi connectivity index (χ1v) is 14.0. The number of rotatable bonds is 9. The van der Waals surface area contributed by atoms with Gasteiger partial charge in [-0.3, -0.25) is 14.4 Å². The van der Waals surface area contributed by atoms with Gasteiger partial charge in [0, 0.05) is 23.7 Å². The SMILES string of the molecule is C=CCN(CC(=O)N(Cc1ccc2c(c1)OCO2)Cc1coc2ccc(Cl)cc2c1=O)C(=O)c1cccc2ccccc12. The lowest BCUT2D eigenvalue weighted by molar-refractivity contribution is -0.133. The molecule has 1 aromatic heterocycles. The van der Waals surface area contributed by atoms with Crippen LogP contribution in [0.1, 0.15) is 21.5 Å². The molecule has 0 aliphatic carbocycles. The average Bonchev–Trinajstić information content (AvgIpc) is 3.49. The van der Waals surface area contributed by atoms with Crippen molar-refractivity contribution in [2.75, 3.05) is 19.9 Å². The average molecular weight is 595 g/mol. The van der Waals surface area contributed by atoms with Crippen LogP contribution in [0.5, 0.6) is 11.5 Å². The number of fused-ring (bicyclic) bond motifs is 3. The molecule has 0 fully saturated rings. The highest BCUT2D eigenvalue weighted by atomic mass is 35.5. The molecule has 0 radical (unpaired) electrons. The topological polar surface area (TPSA) is 89.3 Å². The maximum Gasteiger partial charge on any atom is 0.255 e. The van der Waals surface area contributed by atoms with Gasteiger partial charge in [-0.2, -0.15) is 0 Å². The minimum Gasteiger partial charge on any atom is -0.464 e. The van der Waals surface area contributed by atoms with Crippen LogP contribution in [0.4, 0.5) is 0 Å². The van der Waals surface area contributed by atoms with Crippen LogP contribution in [0.2, 0.25) is 5.02 Å². The number of carbonyl (C=O) groups excluding carboxylic acids is 2. The zero-order valence-electron chi connectivity index (χ0n) is 23.1. The maximum atomic E-state index is 14.0. The number of benzene rings is 4. The van der Waals surface area contributed by atoms with Crippen LogP contribution in [-0.2, 0) is 17.9 Å². The molecule has 9 heteroatoms. The number of amides is 2. The van der Waals surface area contributed by atoms with Gasteiger partial charge in [0.2, 0.25) is 12.7 Å². The first kappa shape index (κ1) is 28.1. The van der Waals surface area contributed by atoms with Crippen molar-refractivity contribution in [3.8, 4) is 11.5 Å². The molecular formula is C34H27ClN2O6.